The molecule has 0 N–H and O–H groups in total. The van der Waals surface area contributed by atoms with Crippen LogP contribution < -0.4 is 15.9 Å². The van der Waals surface area contributed by atoms with Crippen molar-refractivity contribution in [3.05, 3.63) is 114 Å². The lowest BCUT2D eigenvalue weighted by Gasteiger charge is -2.24. The number of benzene rings is 4. The minimum Gasteiger partial charge on any atom is -0.0622 e. The summed E-state index contributed by atoms with van der Waals surface area (Å²) >= 11 is 0. The Morgan fingerprint density at radius 3 is 1.54 bits per heavy atom. The standard InChI is InChI=1S/C27H25P/c1-20-18-21(2)27(22(3)19-20)25-16-10-11-17-26(25)28(23-12-6-4-7-13-23)24-14-8-5-9-15-24/h4-19H,1-3H3. The van der Waals surface area contributed by atoms with Crippen molar-refractivity contribution in [3.63, 3.8) is 0 Å². The second-order valence-electron chi connectivity index (χ2n) is 7.30. The molecule has 0 unspecified atom stereocenters. The van der Waals surface area contributed by atoms with Gasteiger partial charge in [0.1, 0.15) is 0 Å². The van der Waals surface area contributed by atoms with Crippen molar-refractivity contribution in [3.8, 4) is 11.1 Å². The summed E-state index contributed by atoms with van der Waals surface area (Å²) in [6.07, 6.45) is 0. The number of hydrogen-bond donors (Lipinski definition) is 0. The minimum atomic E-state index is -0.623. The molecule has 0 aromatic heterocycles. The lowest BCUT2D eigenvalue weighted by Crippen LogP contribution is -2.22. The molecule has 0 saturated heterocycles. The maximum Gasteiger partial charge on any atom is -0.00724 e. The van der Waals surface area contributed by atoms with Crippen LogP contribution in [0.1, 0.15) is 16.7 Å². The molecule has 0 aliphatic heterocycles. The van der Waals surface area contributed by atoms with Gasteiger partial charge >= 0.3 is 0 Å². The van der Waals surface area contributed by atoms with Gasteiger partial charge in [-0.3, -0.25) is 0 Å². The normalized spacial score (nSPS) is 11.0. The first-order valence-electron chi connectivity index (χ1n) is 9.72. The Kier molecular flexibility index (Phi) is 5.42. The van der Waals surface area contributed by atoms with Crippen LogP contribution in [0.15, 0.2) is 97.1 Å². The van der Waals surface area contributed by atoms with Crippen molar-refractivity contribution in [1.82, 2.24) is 0 Å². The average molecular weight is 380 g/mol. The predicted octanol–water partition coefficient (Wildman–Crippen LogP) is 6.04. The summed E-state index contributed by atoms with van der Waals surface area (Å²) < 4.78 is 0. The molecular weight excluding hydrogens is 355 g/mol. The van der Waals surface area contributed by atoms with E-state index >= 15 is 0 Å². The molecule has 0 fully saturated rings. The van der Waals surface area contributed by atoms with Crippen molar-refractivity contribution in [2.75, 3.05) is 0 Å². The van der Waals surface area contributed by atoms with Crippen molar-refractivity contribution in [1.29, 1.82) is 0 Å². The van der Waals surface area contributed by atoms with E-state index in [9.17, 15) is 0 Å². The van der Waals surface area contributed by atoms with Crippen LogP contribution in [0, 0.1) is 20.8 Å². The molecule has 0 spiro atoms. The van der Waals surface area contributed by atoms with Crippen LogP contribution in [0.25, 0.3) is 11.1 Å². The largest absolute Gasteiger partial charge is 0.0622 e. The molecule has 4 aromatic rings. The Labute approximate surface area is 169 Å². The van der Waals surface area contributed by atoms with Gasteiger partial charge in [0.15, 0.2) is 0 Å². The van der Waals surface area contributed by atoms with E-state index in [2.05, 4.69) is 118 Å². The summed E-state index contributed by atoms with van der Waals surface area (Å²) in [6, 6.07) is 35.4. The van der Waals surface area contributed by atoms with Gasteiger partial charge in [-0.15, -0.1) is 0 Å². The van der Waals surface area contributed by atoms with Crippen LogP contribution in [0.4, 0.5) is 0 Å². The number of rotatable bonds is 4. The zero-order chi connectivity index (χ0) is 19.5. The Balaban J connectivity index is 1.98. The smallest absolute Gasteiger partial charge is 0.00724 e. The van der Waals surface area contributed by atoms with E-state index in [1.807, 2.05) is 0 Å². The lowest BCUT2D eigenvalue weighted by molar-refractivity contribution is 1.32. The second kappa shape index (κ2) is 8.13. The van der Waals surface area contributed by atoms with Crippen molar-refractivity contribution in [2.24, 2.45) is 0 Å². The Morgan fingerprint density at radius 1 is 0.536 bits per heavy atom. The van der Waals surface area contributed by atoms with Crippen LogP contribution >= 0.6 is 7.92 Å². The molecule has 0 radical (unpaired) electrons. The number of hydrogen-bond acceptors (Lipinski definition) is 0. The Morgan fingerprint density at radius 2 is 1.00 bits per heavy atom. The Hall–Kier alpha value is -2.69. The molecule has 4 aromatic carbocycles. The summed E-state index contributed by atoms with van der Waals surface area (Å²) in [5, 5.41) is 4.20. The molecule has 28 heavy (non-hydrogen) atoms. The summed E-state index contributed by atoms with van der Waals surface area (Å²) in [6.45, 7) is 6.65. The van der Waals surface area contributed by atoms with E-state index in [0.29, 0.717) is 0 Å². The first-order chi connectivity index (χ1) is 13.6. The molecule has 0 nitrogen and oxygen atoms in total. The SMILES string of the molecule is Cc1cc(C)c(-c2ccccc2P(c2ccccc2)c2ccccc2)c(C)c1. The van der Waals surface area contributed by atoms with Crippen LogP contribution in [0.5, 0.6) is 0 Å². The monoisotopic (exact) mass is 380 g/mol. The molecule has 0 heterocycles. The van der Waals surface area contributed by atoms with Gasteiger partial charge in [0.05, 0.1) is 0 Å². The molecule has 0 bridgehead atoms. The number of aryl methyl sites for hydroxylation is 3. The van der Waals surface area contributed by atoms with Gasteiger partial charge in [-0.2, -0.15) is 0 Å². The average Bonchev–Trinajstić information content (AvgIpc) is 2.70. The van der Waals surface area contributed by atoms with Gasteiger partial charge in [0, 0.05) is 0 Å². The highest BCUT2D eigenvalue weighted by Crippen LogP contribution is 2.38. The van der Waals surface area contributed by atoms with E-state index in [1.54, 1.807) is 0 Å². The highest BCUT2D eigenvalue weighted by atomic mass is 31.1. The van der Waals surface area contributed by atoms with E-state index in [-0.39, 0.29) is 0 Å². The van der Waals surface area contributed by atoms with Gasteiger partial charge < -0.3 is 0 Å². The van der Waals surface area contributed by atoms with Gasteiger partial charge in [0.25, 0.3) is 0 Å². The van der Waals surface area contributed by atoms with Gasteiger partial charge in [-0.05, 0) is 66.9 Å². The van der Waals surface area contributed by atoms with E-state index in [4.69, 9.17) is 0 Å². The third kappa shape index (κ3) is 3.66. The zero-order valence-electron chi connectivity index (χ0n) is 16.7. The van der Waals surface area contributed by atoms with E-state index < -0.39 is 7.92 Å². The quantitative estimate of drug-likeness (QED) is 0.379. The summed E-state index contributed by atoms with van der Waals surface area (Å²) in [7, 11) is -0.623. The van der Waals surface area contributed by atoms with E-state index in [1.165, 1.54) is 43.7 Å². The van der Waals surface area contributed by atoms with Crippen LogP contribution in [-0.4, -0.2) is 0 Å². The first kappa shape index (κ1) is 18.7. The van der Waals surface area contributed by atoms with Crippen molar-refractivity contribution in [2.45, 2.75) is 20.8 Å². The van der Waals surface area contributed by atoms with Gasteiger partial charge in [0.2, 0.25) is 0 Å². The summed E-state index contributed by atoms with van der Waals surface area (Å²) in [5.74, 6) is 0. The fraction of sp³-hybridized carbons (Fsp3) is 0.111. The van der Waals surface area contributed by atoms with Crippen molar-refractivity contribution < 1.29 is 0 Å². The fourth-order valence-corrected chi connectivity index (χ4v) is 6.52. The highest BCUT2D eigenvalue weighted by Gasteiger charge is 2.21. The topological polar surface area (TPSA) is 0 Å². The summed E-state index contributed by atoms with van der Waals surface area (Å²) in [4.78, 5) is 0. The minimum absolute atomic E-state index is 0.623. The van der Waals surface area contributed by atoms with Gasteiger partial charge in [-0.1, -0.05) is 103 Å². The van der Waals surface area contributed by atoms with Crippen molar-refractivity contribution >= 4 is 23.8 Å². The maximum atomic E-state index is 2.32. The molecule has 0 amide bonds. The van der Waals surface area contributed by atoms with E-state index in [0.717, 1.165) is 0 Å². The lowest BCUT2D eigenvalue weighted by atomic mass is 9.94. The first-order valence-corrected chi connectivity index (χ1v) is 11.1. The van der Waals surface area contributed by atoms with Crippen LogP contribution in [0.2, 0.25) is 0 Å². The highest BCUT2D eigenvalue weighted by molar-refractivity contribution is 7.80. The molecule has 1 heteroatoms. The third-order valence-electron chi connectivity index (χ3n) is 5.12. The molecule has 0 atom stereocenters. The molecule has 0 saturated carbocycles. The second-order valence-corrected chi connectivity index (χ2v) is 9.48. The molecule has 4 rings (SSSR count). The fourth-order valence-electron chi connectivity index (χ4n) is 4.07. The van der Waals surface area contributed by atoms with Crippen LogP contribution in [0.3, 0.4) is 0 Å². The third-order valence-corrected chi connectivity index (χ3v) is 7.62. The zero-order valence-corrected chi connectivity index (χ0v) is 17.6. The molecular formula is C27H25P. The molecule has 0 aliphatic carbocycles. The Bertz CT molecular complexity index is 1020. The molecule has 138 valence electrons. The maximum absolute atomic E-state index is 2.32. The predicted molar refractivity (Wildman–Crippen MR) is 125 cm³/mol. The van der Waals surface area contributed by atoms with Crippen LogP contribution in [-0.2, 0) is 0 Å². The molecule has 0 aliphatic rings. The summed E-state index contributed by atoms with van der Waals surface area (Å²) in [5.41, 5.74) is 6.75. The van der Waals surface area contributed by atoms with Gasteiger partial charge in [-0.25, -0.2) is 0 Å².